The molecule has 4 heterocycles. The van der Waals surface area contributed by atoms with E-state index in [4.69, 9.17) is 5.73 Å². The van der Waals surface area contributed by atoms with Crippen molar-refractivity contribution >= 4 is 39.2 Å². The Labute approximate surface area is 141 Å². The Morgan fingerprint density at radius 3 is 2.92 bits per heavy atom. The molecule has 120 valence electrons. The van der Waals surface area contributed by atoms with Crippen molar-refractivity contribution in [1.29, 1.82) is 0 Å². The lowest BCUT2D eigenvalue weighted by Crippen LogP contribution is -2.32. The minimum Gasteiger partial charge on any atom is -0.370 e. The summed E-state index contributed by atoms with van der Waals surface area (Å²) in [6.07, 6.45) is 1.81. The predicted octanol–water partition coefficient (Wildman–Crippen LogP) is 2.65. The minimum absolute atomic E-state index is 0.294. The van der Waals surface area contributed by atoms with Crippen molar-refractivity contribution in [1.82, 2.24) is 18.9 Å². The van der Waals surface area contributed by atoms with Gasteiger partial charge in [0.25, 0.3) is 0 Å². The second-order valence-corrected chi connectivity index (χ2v) is 7.10. The monoisotopic (exact) mass is 337 g/mol. The average molecular weight is 337 g/mol. The smallest absolute Gasteiger partial charge is 0.212 e. The number of benzene rings is 1. The van der Waals surface area contributed by atoms with Crippen LogP contribution in [0, 0.1) is 13.8 Å². The van der Waals surface area contributed by atoms with Gasteiger partial charge in [0, 0.05) is 11.1 Å². The number of fused-ring (bicyclic) bond motifs is 4. The largest absolute Gasteiger partial charge is 0.370 e. The molecular weight excluding hydrogens is 322 g/mol. The van der Waals surface area contributed by atoms with Gasteiger partial charge in [-0.2, -0.15) is 0 Å². The maximum absolute atomic E-state index is 6.03. The average Bonchev–Trinajstić information content (AvgIpc) is 3.15. The number of hydrogen-bond donors (Lipinski definition) is 2. The van der Waals surface area contributed by atoms with Gasteiger partial charge in [-0.25, -0.2) is 15.0 Å². The van der Waals surface area contributed by atoms with E-state index >= 15 is 0 Å². The normalized spacial score (nSPS) is 17.1. The molecule has 0 fully saturated rings. The van der Waals surface area contributed by atoms with Crippen LogP contribution in [0.4, 0.5) is 5.95 Å². The maximum atomic E-state index is 6.03. The Hall–Kier alpha value is -2.87. The first-order valence-electron chi connectivity index (χ1n) is 7.64. The third-order valence-corrected chi connectivity index (χ3v) is 5.15. The third kappa shape index (κ3) is 1.74. The van der Waals surface area contributed by atoms with E-state index in [-0.39, 0.29) is 6.17 Å². The molecule has 5 rings (SSSR count). The number of aryl methyl sites for hydroxylation is 2. The van der Waals surface area contributed by atoms with Crippen LogP contribution in [0.3, 0.4) is 0 Å². The topological polar surface area (TPSA) is 85.5 Å². The molecule has 1 aromatic carbocycles. The summed E-state index contributed by atoms with van der Waals surface area (Å²) in [4.78, 5) is 16.2. The fourth-order valence-electron chi connectivity index (χ4n) is 3.29. The van der Waals surface area contributed by atoms with Crippen molar-refractivity contribution in [3.05, 3.63) is 46.7 Å². The number of nitrogens with one attached hydrogen (secondary N) is 1. The molecule has 0 spiro atoms. The molecule has 1 atom stereocenters. The summed E-state index contributed by atoms with van der Waals surface area (Å²) in [7, 11) is 0. The van der Waals surface area contributed by atoms with Crippen molar-refractivity contribution in [2.24, 2.45) is 10.7 Å². The summed E-state index contributed by atoms with van der Waals surface area (Å²) < 4.78 is 4.19. The van der Waals surface area contributed by atoms with Gasteiger partial charge in [0.2, 0.25) is 5.95 Å². The number of guanidine groups is 1. The number of thiazole rings is 1. The SMILES string of the molecule is Cc1cn2c(C3N=C(N)Nc4nc5ccccc5n43)c(C)nc2s1. The van der Waals surface area contributed by atoms with Gasteiger partial charge >= 0.3 is 0 Å². The second kappa shape index (κ2) is 4.57. The number of imidazole rings is 2. The molecule has 3 aromatic heterocycles. The number of rotatable bonds is 1. The molecule has 7 nitrogen and oxygen atoms in total. The summed E-state index contributed by atoms with van der Waals surface area (Å²) in [6.45, 7) is 4.09. The minimum atomic E-state index is -0.294. The number of para-hydroxylation sites is 2. The van der Waals surface area contributed by atoms with E-state index in [1.54, 1.807) is 11.3 Å². The zero-order valence-electron chi connectivity index (χ0n) is 13.2. The maximum Gasteiger partial charge on any atom is 0.212 e. The molecule has 1 aliphatic heterocycles. The zero-order valence-corrected chi connectivity index (χ0v) is 14.0. The Bertz CT molecular complexity index is 1130. The van der Waals surface area contributed by atoms with E-state index in [2.05, 4.69) is 42.4 Å². The van der Waals surface area contributed by atoms with Gasteiger partial charge < -0.3 is 5.73 Å². The first-order chi connectivity index (χ1) is 11.6. The molecule has 8 heteroatoms. The molecule has 24 heavy (non-hydrogen) atoms. The van der Waals surface area contributed by atoms with Crippen LogP contribution in [0.2, 0.25) is 0 Å². The van der Waals surface area contributed by atoms with Crippen LogP contribution in [0.25, 0.3) is 16.0 Å². The lowest BCUT2D eigenvalue weighted by Gasteiger charge is -2.23. The first kappa shape index (κ1) is 13.6. The quantitative estimate of drug-likeness (QED) is 0.559. The van der Waals surface area contributed by atoms with Gasteiger partial charge in [-0.15, -0.1) is 11.3 Å². The first-order valence-corrected chi connectivity index (χ1v) is 8.46. The molecule has 0 radical (unpaired) electrons. The van der Waals surface area contributed by atoms with Crippen LogP contribution in [-0.4, -0.2) is 24.9 Å². The van der Waals surface area contributed by atoms with E-state index in [1.165, 1.54) is 4.88 Å². The van der Waals surface area contributed by atoms with Crippen LogP contribution in [0.1, 0.15) is 22.4 Å². The molecule has 3 N–H and O–H groups in total. The number of aromatic nitrogens is 4. The van der Waals surface area contributed by atoms with Crippen molar-refractivity contribution in [2.75, 3.05) is 5.32 Å². The highest BCUT2D eigenvalue weighted by Crippen LogP contribution is 2.35. The molecule has 0 saturated carbocycles. The van der Waals surface area contributed by atoms with Crippen LogP contribution in [0.5, 0.6) is 0 Å². The highest BCUT2D eigenvalue weighted by molar-refractivity contribution is 7.17. The predicted molar refractivity (Wildman–Crippen MR) is 95.7 cm³/mol. The van der Waals surface area contributed by atoms with E-state index in [1.807, 2.05) is 31.2 Å². The van der Waals surface area contributed by atoms with E-state index in [9.17, 15) is 0 Å². The van der Waals surface area contributed by atoms with Gasteiger partial charge in [-0.05, 0) is 26.0 Å². The highest BCUT2D eigenvalue weighted by atomic mass is 32.1. The van der Waals surface area contributed by atoms with Crippen molar-refractivity contribution in [3.8, 4) is 0 Å². The lowest BCUT2D eigenvalue weighted by atomic mass is 10.2. The molecule has 1 aliphatic rings. The van der Waals surface area contributed by atoms with Crippen LogP contribution in [0.15, 0.2) is 35.5 Å². The number of aliphatic imine (C=N–C) groups is 1. The zero-order chi connectivity index (χ0) is 16.4. The van der Waals surface area contributed by atoms with E-state index in [0.717, 1.165) is 27.4 Å². The van der Waals surface area contributed by atoms with Crippen LogP contribution < -0.4 is 11.1 Å². The lowest BCUT2D eigenvalue weighted by molar-refractivity contribution is 0.600. The molecule has 0 bridgehead atoms. The van der Waals surface area contributed by atoms with Gasteiger partial charge in [-0.1, -0.05) is 12.1 Å². The Morgan fingerprint density at radius 1 is 1.21 bits per heavy atom. The van der Waals surface area contributed by atoms with Crippen molar-refractivity contribution in [2.45, 2.75) is 20.0 Å². The van der Waals surface area contributed by atoms with Gasteiger partial charge in [-0.3, -0.25) is 14.3 Å². The summed E-state index contributed by atoms with van der Waals surface area (Å²) in [6, 6.07) is 8.02. The van der Waals surface area contributed by atoms with Crippen molar-refractivity contribution < 1.29 is 0 Å². The molecule has 0 amide bonds. The number of nitrogens with two attached hydrogens (primary N) is 1. The van der Waals surface area contributed by atoms with E-state index in [0.29, 0.717) is 11.9 Å². The summed E-state index contributed by atoms with van der Waals surface area (Å²) >= 11 is 1.67. The van der Waals surface area contributed by atoms with Crippen LogP contribution in [-0.2, 0) is 0 Å². The van der Waals surface area contributed by atoms with Gasteiger partial charge in [0.05, 0.1) is 22.4 Å². The third-order valence-electron chi connectivity index (χ3n) is 4.25. The molecule has 0 saturated heterocycles. The second-order valence-electron chi connectivity index (χ2n) is 5.88. The number of anilines is 1. The molecule has 0 aliphatic carbocycles. The Morgan fingerprint density at radius 2 is 2.04 bits per heavy atom. The Balaban J connectivity index is 1.84. The van der Waals surface area contributed by atoms with E-state index < -0.39 is 0 Å². The van der Waals surface area contributed by atoms with Gasteiger partial charge in [0.15, 0.2) is 17.1 Å². The van der Waals surface area contributed by atoms with Crippen molar-refractivity contribution in [3.63, 3.8) is 0 Å². The molecular formula is C16H15N7S. The summed E-state index contributed by atoms with van der Waals surface area (Å²) in [5.41, 5.74) is 9.92. The fourth-order valence-corrected chi connectivity index (χ4v) is 4.17. The van der Waals surface area contributed by atoms with Crippen LogP contribution >= 0.6 is 11.3 Å². The number of hydrogen-bond acceptors (Lipinski definition) is 6. The fraction of sp³-hybridized carbons (Fsp3) is 0.188. The Kier molecular flexibility index (Phi) is 2.58. The molecule has 1 unspecified atom stereocenters. The summed E-state index contributed by atoms with van der Waals surface area (Å²) in [5, 5.41) is 3.07. The van der Waals surface area contributed by atoms with Gasteiger partial charge in [0.1, 0.15) is 0 Å². The standard InChI is InChI=1S/C16H15N7S/c1-8-7-22-12(9(2)18-16(22)24-8)13-20-14(17)21-15-19-10-5-3-4-6-11(10)23(13)15/h3-7,13H,1-2H3,(H3,17,19,20,21). The summed E-state index contributed by atoms with van der Waals surface area (Å²) in [5.74, 6) is 1.07. The molecule has 4 aromatic rings. The highest BCUT2D eigenvalue weighted by Gasteiger charge is 2.29. The number of nitrogens with zero attached hydrogens (tertiary/aromatic N) is 5.